The summed E-state index contributed by atoms with van der Waals surface area (Å²) in [5.74, 6) is 2.24. The van der Waals surface area contributed by atoms with Crippen LogP contribution in [0.15, 0.2) is 29.2 Å². The van der Waals surface area contributed by atoms with Crippen molar-refractivity contribution in [1.29, 1.82) is 0 Å². The zero-order valence-electron chi connectivity index (χ0n) is 17.5. The Balaban J connectivity index is 1.20. The first-order valence-corrected chi connectivity index (χ1v) is 14.5. The van der Waals surface area contributed by atoms with Crippen LogP contribution in [0.2, 0.25) is 0 Å². The van der Waals surface area contributed by atoms with E-state index in [1.165, 1.54) is 50.7 Å². The number of hydrogen-bond donors (Lipinski definition) is 2. The van der Waals surface area contributed by atoms with Crippen molar-refractivity contribution in [3.8, 4) is 0 Å². The van der Waals surface area contributed by atoms with Crippen molar-refractivity contribution in [2.75, 3.05) is 16.8 Å². The average Bonchev–Trinajstić information content (AvgIpc) is 2.98. The summed E-state index contributed by atoms with van der Waals surface area (Å²) in [6.07, 6.45) is 8.39. The van der Waals surface area contributed by atoms with Crippen molar-refractivity contribution in [2.45, 2.75) is 62.3 Å². The minimum Gasteiger partial charge on any atom is -0.326 e. The molecule has 2 N–H and O–H groups in total. The molecule has 1 saturated heterocycles. The Hall–Kier alpha value is -1.45. The van der Waals surface area contributed by atoms with Crippen molar-refractivity contribution in [1.82, 2.24) is 4.72 Å². The molecule has 9 heteroatoms. The number of carbonyl (C=O) groups is 1. The number of sulfone groups is 1. The summed E-state index contributed by atoms with van der Waals surface area (Å²) in [7, 11) is -6.97. The summed E-state index contributed by atoms with van der Waals surface area (Å²) in [6.45, 7) is 0. The first-order valence-electron chi connectivity index (χ1n) is 11.2. The monoisotopic (exact) mass is 466 g/mol. The van der Waals surface area contributed by atoms with Crippen LogP contribution < -0.4 is 10.0 Å². The lowest BCUT2D eigenvalue weighted by Gasteiger charge is -2.56. The second-order valence-electron chi connectivity index (χ2n) is 10.4. The lowest BCUT2D eigenvalue weighted by Crippen LogP contribution is -2.47. The van der Waals surface area contributed by atoms with Crippen molar-refractivity contribution in [3.63, 3.8) is 0 Å². The fraction of sp³-hybridized carbons (Fsp3) is 0.682. The predicted octanol–water partition coefficient (Wildman–Crippen LogP) is 2.70. The van der Waals surface area contributed by atoms with E-state index in [4.69, 9.17) is 0 Å². The number of nitrogens with one attached hydrogen (secondary N) is 2. The standard InChI is InChI=1S/C22H30N2O5S2/c25-21(13-22-10-15-7-16(11-22)9-17(8-15)12-22)23-18-1-3-20(4-2-18)31(28,29)24-19-5-6-30(26,27)14-19/h1-4,15-17,19,24H,5-14H2,(H,23,25)/t15?,16?,17?,19-,22?/m1/s1. The first-order chi connectivity index (χ1) is 14.6. The zero-order valence-corrected chi connectivity index (χ0v) is 19.2. The highest BCUT2D eigenvalue weighted by Gasteiger charge is 2.51. The van der Waals surface area contributed by atoms with Crippen molar-refractivity contribution in [2.24, 2.45) is 23.2 Å². The molecule has 1 atom stereocenters. The summed E-state index contributed by atoms with van der Waals surface area (Å²) < 4.78 is 50.7. The van der Waals surface area contributed by atoms with E-state index >= 15 is 0 Å². The van der Waals surface area contributed by atoms with Gasteiger partial charge in [-0.25, -0.2) is 21.6 Å². The highest BCUT2D eigenvalue weighted by Crippen LogP contribution is 2.61. The Morgan fingerprint density at radius 1 is 1.00 bits per heavy atom. The summed E-state index contributed by atoms with van der Waals surface area (Å²) >= 11 is 0. The van der Waals surface area contributed by atoms with E-state index in [1.54, 1.807) is 12.1 Å². The molecule has 5 aliphatic rings. The van der Waals surface area contributed by atoms with Gasteiger partial charge in [-0.1, -0.05) is 0 Å². The van der Waals surface area contributed by atoms with Gasteiger partial charge in [-0.05, 0) is 92.4 Å². The van der Waals surface area contributed by atoms with Crippen molar-refractivity contribution in [3.05, 3.63) is 24.3 Å². The maximum Gasteiger partial charge on any atom is 0.240 e. The molecule has 1 amide bonds. The lowest BCUT2D eigenvalue weighted by atomic mass is 9.49. The van der Waals surface area contributed by atoms with Crippen molar-refractivity contribution >= 4 is 31.5 Å². The highest BCUT2D eigenvalue weighted by molar-refractivity contribution is 7.92. The molecule has 0 spiro atoms. The van der Waals surface area contributed by atoms with Gasteiger partial charge in [-0.2, -0.15) is 0 Å². The fourth-order valence-corrected chi connectivity index (χ4v) is 9.99. The molecule has 6 rings (SSSR count). The molecule has 1 aromatic carbocycles. The highest BCUT2D eigenvalue weighted by atomic mass is 32.2. The fourth-order valence-electron chi connectivity index (χ4n) is 6.95. The number of anilines is 1. The molecule has 7 nitrogen and oxygen atoms in total. The number of rotatable bonds is 6. The molecule has 0 unspecified atom stereocenters. The van der Waals surface area contributed by atoms with Gasteiger partial charge in [-0.15, -0.1) is 0 Å². The van der Waals surface area contributed by atoms with Gasteiger partial charge in [0.2, 0.25) is 15.9 Å². The summed E-state index contributed by atoms with van der Waals surface area (Å²) in [4.78, 5) is 12.8. The smallest absolute Gasteiger partial charge is 0.240 e. The number of hydrogen-bond acceptors (Lipinski definition) is 5. The second kappa shape index (κ2) is 7.56. The molecule has 1 aliphatic heterocycles. The van der Waals surface area contributed by atoms with Gasteiger partial charge in [0.05, 0.1) is 16.4 Å². The van der Waals surface area contributed by atoms with Gasteiger partial charge in [0.15, 0.2) is 9.84 Å². The third kappa shape index (κ3) is 4.54. The van der Waals surface area contributed by atoms with E-state index in [2.05, 4.69) is 10.0 Å². The number of carbonyl (C=O) groups excluding carboxylic acids is 1. The lowest BCUT2D eigenvalue weighted by molar-refractivity contribution is -0.124. The van der Waals surface area contributed by atoms with E-state index in [-0.39, 0.29) is 27.7 Å². The Kier molecular flexibility index (Phi) is 5.22. The van der Waals surface area contributed by atoms with Crippen molar-refractivity contribution < 1.29 is 21.6 Å². The minimum atomic E-state index is -3.80. The number of benzene rings is 1. The molecule has 1 aromatic rings. The van der Waals surface area contributed by atoms with Gasteiger partial charge in [0, 0.05) is 18.2 Å². The van der Waals surface area contributed by atoms with Crippen LogP contribution in [-0.2, 0) is 24.7 Å². The third-order valence-electron chi connectivity index (χ3n) is 7.70. The molecule has 4 aliphatic carbocycles. The van der Waals surface area contributed by atoms with E-state index in [0.29, 0.717) is 18.5 Å². The van der Waals surface area contributed by atoms with Crippen LogP contribution in [0.5, 0.6) is 0 Å². The number of amides is 1. The molecule has 170 valence electrons. The molecular formula is C22H30N2O5S2. The maximum absolute atomic E-state index is 12.8. The van der Waals surface area contributed by atoms with Gasteiger partial charge < -0.3 is 5.32 Å². The Morgan fingerprint density at radius 2 is 1.58 bits per heavy atom. The molecule has 0 aromatic heterocycles. The maximum atomic E-state index is 12.8. The predicted molar refractivity (Wildman–Crippen MR) is 118 cm³/mol. The second-order valence-corrected chi connectivity index (χ2v) is 14.3. The minimum absolute atomic E-state index is 0.00634. The Bertz CT molecular complexity index is 1040. The summed E-state index contributed by atoms with van der Waals surface area (Å²) in [6, 6.07) is 5.50. The van der Waals surface area contributed by atoms with Crippen LogP contribution in [0.1, 0.15) is 51.4 Å². The van der Waals surface area contributed by atoms with Gasteiger partial charge in [0.25, 0.3) is 0 Å². The van der Waals surface area contributed by atoms with Crippen LogP contribution in [0.3, 0.4) is 0 Å². The normalized spacial score (nSPS) is 35.9. The Labute approximate surface area is 184 Å². The average molecular weight is 467 g/mol. The quantitative estimate of drug-likeness (QED) is 0.670. The molecule has 4 bridgehead atoms. The first kappa shape index (κ1) is 21.4. The molecular weight excluding hydrogens is 436 g/mol. The van der Waals surface area contributed by atoms with E-state index in [0.717, 1.165) is 17.8 Å². The molecule has 4 saturated carbocycles. The van der Waals surface area contributed by atoms with Gasteiger partial charge >= 0.3 is 0 Å². The topological polar surface area (TPSA) is 109 Å². The van der Waals surface area contributed by atoms with Gasteiger partial charge in [-0.3, -0.25) is 4.79 Å². The van der Waals surface area contributed by atoms with E-state index in [9.17, 15) is 21.6 Å². The summed E-state index contributed by atoms with van der Waals surface area (Å²) in [5.41, 5.74) is 0.741. The molecule has 0 radical (unpaired) electrons. The van der Waals surface area contributed by atoms with E-state index in [1.807, 2.05) is 0 Å². The largest absolute Gasteiger partial charge is 0.326 e. The van der Waals surface area contributed by atoms with Gasteiger partial charge in [0.1, 0.15) is 0 Å². The summed E-state index contributed by atoms with van der Waals surface area (Å²) in [5, 5.41) is 2.95. The zero-order chi connectivity index (χ0) is 21.9. The molecule has 31 heavy (non-hydrogen) atoms. The third-order valence-corrected chi connectivity index (χ3v) is 11.0. The SMILES string of the molecule is O=C(CC12CC3CC(CC(C3)C1)C2)Nc1ccc(S(=O)(=O)N[C@@H]2CCS(=O)(=O)C2)cc1. The molecule has 1 heterocycles. The van der Waals surface area contributed by atoms with E-state index < -0.39 is 25.9 Å². The van der Waals surface area contributed by atoms with Crippen LogP contribution in [0, 0.1) is 23.2 Å². The van der Waals surface area contributed by atoms with Crippen LogP contribution in [0.25, 0.3) is 0 Å². The van der Waals surface area contributed by atoms with Crippen LogP contribution in [0.4, 0.5) is 5.69 Å². The van der Waals surface area contributed by atoms with Crippen LogP contribution >= 0.6 is 0 Å². The van der Waals surface area contributed by atoms with Crippen LogP contribution in [-0.4, -0.2) is 40.3 Å². The molecule has 5 fully saturated rings. The number of sulfonamides is 1. The Morgan fingerprint density at radius 3 is 2.10 bits per heavy atom.